The number of benzene rings is 1. The SMILES string of the molecule is COc1ccc(CNc2cc(=O)n(C)c(=O)n2CC2CCC2)cc1OC. The third-order valence-corrected chi connectivity index (χ3v) is 4.99. The van der Waals surface area contributed by atoms with Crippen molar-refractivity contribution in [3.8, 4) is 11.5 Å². The van der Waals surface area contributed by atoms with Crippen molar-refractivity contribution in [1.29, 1.82) is 0 Å². The quantitative estimate of drug-likeness (QED) is 0.818. The normalized spacial score (nSPS) is 14.0. The van der Waals surface area contributed by atoms with E-state index in [9.17, 15) is 9.59 Å². The first-order chi connectivity index (χ1) is 12.5. The van der Waals surface area contributed by atoms with E-state index in [4.69, 9.17) is 9.47 Å². The number of hydrogen-bond donors (Lipinski definition) is 1. The summed E-state index contributed by atoms with van der Waals surface area (Å²) in [5.41, 5.74) is 0.375. The molecule has 0 unspecified atom stereocenters. The molecule has 1 fully saturated rings. The summed E-state index contributed by atoms with van der Waals surface area (Å²) in [6.07, 6.45) is 3.47. The zero-order valence-electron chi connectivity index (χ0n) is 15.4. The molecule has 0 saturated heterocycles. The highest BCUT2D eigenvalue weighted by Gasteiger charge is 2.20. The van der Waals surface area contributed by atoms with Gasteiger partial charge >= 0.3 is 5.69 Å². The number of nitrogens with one attached hydrogen (secondary N) is 1. The average molecular weight is 359 g/mol. The largest absolute Gasteiger partial charge is 0.493 e. The van der Waals surface area contributed by atoms with E-state index in [0.717, 1.165) is 23.0 Å². The molecule has 1 aromatic carbocycles. The Bertz CT molecular complexity index is 897. The lowest BCUT2D eigenvalue weighted by Gasteiger charge is -2.27. The van der Waals surface area contributed by atoms with Gasteiger partial charge in [-0.1, -0.05) is 12.5 Å². The van der Waals surface area contributed by atoms with Gasteiger partial charge in [-0.2, -0.15) is 0 Å². The second-order valence-electron chi connectivity index (χ2n) is 6.66. The molecule has 1 N–H and O–H groups in total. The topological polar surface area (TPSA) is 74.5 Å². The third kappa shape index (κ3) is 3.61. The highest BCUT2D eigenvalue weighted by atomic mass is 16.5. The van der Waals surface area contributed by atoms with E-state index in [1.807, 2.05) is 18.2 Å². The van der Waals surface area contributed by atoms with Crippen LogP contribution in [-0.4, -0.2) is 23.4 Å². The minimum absolute atomic E-state index is 0.279. The van der Waals surface area contributed by atoms with Gasteiger partial charge in [-0.3, -0.25) is 13.9 Å². The van der Waals surface area contributed by atoms with Crippen molar-refractivity contribution in [2.45, 2.75) is 32.4 Å². The van der Waals surface area contributed by atoms with E-state index < -0.39 is 0 Å². The molecule has 1 aliphatic rings. The number of rotatable bonds is 7. The summed E-state index contributed by atoms with van der Waals surface area (Å²) >= 11 is 0. The molecule has 0 aliphatic heterocycles. The lowest BCUT2D eigenvalue weighted by atomic mass is 9.85. The van der Waals surface area contributed by atoms with Gasteiger partial charge in [0.25, 0.3) is 5.56 Å². The van der Waals surface area contributed by atoms with Crippen molar-refractivity contribution in [1.82, 2.24) is 9.13 Å². The number of methoxy groups -OCH3 is 2. The van der Waals surface area contributed by atoms with Crippen LogP contribution in [0.15, 0.2) is 33.9 Å². The molecule has 1 saturated carbocycles. The molecule has 0 bridgehead atoms. The monoisotopic (exact) mass is 359 g/mol. The van der Waals surface area contributed by atoms with E-state index in [2.05, 4.69) is 5.32 Å². The van der Waals surface area contributed by atoms with E-state index in [-0.39, 0.29) is 11.2 Å². The second kappa shape index (κ2) is 7.68. The van der Waals surface area contributed by atoms with Crippen LogP contribution in [0.3, 0.4) is 0 Å². The van der Waals surface area contributed by atoms with Crippen LogP contribution in [-0.2, 0) is 20.1 Å². The fourth-order valence-corrected chi connectivity index (χ4v) is 3.11. The first-order valence-corrected chi connectivity index (χ1v) is 8.79. The van der Waals surface area contributed by atoms with E-state index >= 15 is 0 Å². The van der Waals surface area contributed by atoms with Crippen molar-refractivity contribution < 1.29 is 9.47 Å². The molecule has 0 spiro atoms. The molecular formula is C19H25N3O4. The maximum atomic E-state index is 12.5. The molecule has 26 heavy (non-hydrogen) atoms. The molecule has 1 aliphatic carbocycles. The molecule has 1 aromatic heterocycles. The number of ether oxygens (including phenoxy) is 2. The Morgan fingerprint density at radius 3 is 2.46 bits per heavy atom. The molecule has 0 amide bonds. The van der Waals surface area contributed by atoms with E-state index in [0.29, 0.717) is 36.3 Å². The maximum absolute atomic E-state index is 12.5. The van der Waals surface area contributed by atoms with Crippen molar-refractivity contribution in [3.63, 3.8) is 0 Å². The molecule has 7 heteroatoms. The van der Waals surface area contributed by atoms with Crippen LogP contribution in [0, 0.1) is 5.92 Å². The van der Waals surface area contributed by atoms with Gasteiger partial charge in [0.2, 0.25) is 0 Å². The van der Waals surface area contributed by atoms with Crippen LogP contribution >= 0.6 is 0 Å². The Morgan fingerprint density at radius 2 is 1.85 bits per heavy atom. The Hall–Kier alpha value is -2.70. The number of anilines is 1. The molecule has 1 heterocycles. The Kier molecular flexibility index (Phi) is 5.35. The van der Waals surface area contributed by atoms with Crippen LogP contribution in [0.5, 0.6) is 11.5 Å². The summed E-state index contributed by atoms with van der Waals surface area (Å²) in [5.74, 6) is 2.36. The Morgan fingerprint density at radius 1 is 1.12 bits per heavy atom. The fraction of sp³-hybridized carbons (Fsp3) is 0.474. The number of hydrogen-bond acceptors (Lipinski definition) is 5. The van der Waals surface area contributed by atoms with Crippen molar-refractivity contribution in [3.05, 3.63) is 50.7 Å². The van der Waals surface area contributed by atoms with Gasteiger partial charge < -0.3 is 14.8 Å². The van der Waals surface area contributed by atoms with Gasteiger partial charge in [0.15, 0.2) is 11.5 Å². The Balaban J connectivity index is 1.85. The summed E-state index contributed by atoms with van der Waals surface area (Å²) < 4.78 is 13.4. The summed E-state index contributed by atoms with van der Waals surface area (Å²) in [4.78, 5) is 24.6. The predicted molar refractivity (Wildman–Crippen MR) is 100 cm³/mol. The van der Waals surface area contributed by atoms with Crippen molar-refractivity contribution in [2.24, 2.45) is 13.0 Å². The molecule has 0 radical (unpaired) electrons. The molecule has 7 nitrogen and oxygen atoms in total. The summed E-state index contributed by atoms with van der Waals surface area (Å²) in [6.45, 7) is 1.11. The van der Waals surface area contributed by atoms with Crippen molar-refractivity contribution in [2.75, 3.05) is 19.5 Å². The number of nitrogens with zero attached hydrogens (tertiary/aromatic N) is 2. The fourth-order valence-electron chi connectivity index (χ4n) is 3.11. The molecule has 3 rings (SSSR count). The van der Waals surface area contributed by atoms with Crippen LogP contribution in [0.2, 0.25) is 0 Å². The third-order valence-electron chi connectivity index (χ3n) is 4.99. The smallest absolute Gasteiger partial charge is 0.332 e. The van der Waals surface area contributed by atoms with Crippen LogP contribution < -0.4 is 26.0 Å². The van der Waals surface area contributed by atoms with Gasteiger partial charge in [0.05, 0.1) is 14.2 Å². The van der Waals surface area contributed by atoms with Crippen LogP contribution in [0.25, 0.3) is 0 Å². The van der Waals surface area contributed by atoms with Gasteiger partial charge in [-0.25, -0.2) is 4.79 Å². The van der Waals surface area contributed by atoms with Gasteiger partial charge in [0.1, 0.15) is 5.82 Å². The van der Waals surface area contributed by atoms with Crippen LogP contribution in [0.4, 0.5) is 5.82 Å². The predicted octanol–water partition coefficient (Wildman–Crippen LogP) is 1.98. The van der Waals surface area contributed by atoms with Crippen LogP contribution in [0.1, 0.15) is 24.8 Å². The first kappa shape index (κ1) is 18.1. The first-order valence-electron chi connectivity index (χ1n) is 8.79. The van der Waals surface area contributed by atoms with Crippen molar-refractivity contribution >= 4 is 5.82 Å². The van der Waals surface area contributed by atoms with E-state index in [1.165, 1.54) is 19.5 Å². The highest BCUT2D eigenvalue weighted by molar-refractivity contribution is 5.44. The maximum Gasteiger partial charge on any atom is 0.332 e. The standard InChI is InChI=1S/C19H25N3O4/c1-21-18(23)10-17(22(19(21)24)12-13-5-4-6-13)20-11-14-7-8-15(25-2)16(9-14)26-3/h7-10,13,20H,4-6,11-12H2,1-3H3. The van der Waals surface area contributed by atoms with Gasteiger partial charge in [-0.05, 0) is 36.5 Å². The van der Waals surface area contributed by atoms with Gasteiger partial charge in [0, 0.05) is 26.2 Å². The molecule has 0 atom stereocenters. The molecule has 2 aromatic rings. The zero-order chi connectivity index (χ0) is 18.7. The van der Waals surface area contributed by atoms with E-state index in [1.54, 1.807) is 18.8 Å². The Labute approximate surface area is 152 Å². The summed E-state index contributed by atoms with van der Waals surface area (Å²) in [5, 5.41) is 3.23. The molecule has 140 valence electrons. The second-order valence-corrected chi connectivity index (χ2v) is 6.66. The lowest BCUT2D eigenvalue weighted by molar-refractivity contribution is 0.272. The lowest BCUT2D eigenvalue weighted by Crippen LogP contribution is -2.40. The molecular weight excluding hydrogens is 334 g/mol. The number of aromatic nitrogens is 2. The highest BCUT2D eigenvalue weighted by Crippen LogP contribution is 2.29. The summed E-state index contributed by atoms with van der Waals surface area (Å²) in [7, 11) is 4.70. The van der Waals surface area contributed by atoms with Gasteiger partial charge in [-0.15, -0.1) is 0 Å². The summed E-state index contributed by atoms with van der Waals surface area (Å²) in [6, 6.07) is 7.12. The minimum Gasteiger partial charge on any atom is -0.493 e. The minimum atomic E-state index is -0.310. The zero-order valence-corrected chi connectivity index (χ0v) is 15.4. The average Bonchev–Trinajstić information content (AvgIpc) is 2.62.